The molecule has 0 heterocycles. The molecule has 6 aliphatic rings. The number of rotatable bonds is 2. The largest absolute Gasteiger partial charge is 0.298 e. The highest BCUT2D eigenvalue weighted by atomic mass is 16.1. The van der Waals surface area contributed by atoms with E-state index in [9.17, 15) is 14.4 Å². The van der Waals surface area contributed by atoms with Crippen LogP contribution in [-0.2, 0) is 14.4 Å². The van der Waals surface area contributed by atoms with Gasteiger partial charge in [-0.05, 0) is 83.8 Å². The van der Waals surface area contributed by atoms with Crippen LogP contribution in [0.15, 0.2) is 69.4 Å². The first kappa shape index (κ1) is 20.1. The predicted molar refractivity (Wildman–Crippen MR) is 124 cm³/mol. The second-order valence-electron chi connectivity index (χ2n) is 11.5. The molecule has 6 rings (SSSR count). The number of carbonyl (C=O) groups excluding carboxylic acids is 3. The molecule has 0 aromatic rings. The van der Waals surface area contributed by atoms with Crippen LogP contribution in [0.2, 0.25) is 0 Å². The summed E-state index contributed by atoms with van der Waals surface area (Å²) in [6, 6.07) is 0. The van der Waals surface area contributed by atoms with Crippen molar-refractivity contribution in [3.63, 3.8) is 0 Å². The van der Waals surface area contributed by atoms with Crippen molar-refractivity contribution in [1.82, 2.24) is 0 Å². The first-order valence-corrected chi connectivity index (χ1v) is 11.9. The summed E-state index contributed by atoms with van der Waals surface area (Å²) in [5.74, 6) is -0.341. The molecule has 0 saturated heterocycles. The van der Waals surface area contributed by atoms with E-state index in [0.717, 1.165) is 55.2 Å². The summed E-state index contributed by atoms with van der Waals surface area (Å²) >= 11 is 0. The number of allylic oxidation sites excluding steroid dienone is 12. The molecular formula is C29H30O3. The molecule has 0 radical (unpaired) electrons. The number of aldehydes is 1. The minimum absolute atomic E-state index is 0.0133. The summed E-state index contributed by atoms with van der Waals surface area (Å²) < 4.78 is 0. The Hall–Kier alpha value is -2.55. The molecule has 0 aliphatic heterocycles. The van der Waals surface area contributed by atoms with Gasteiger partial charge in [-0.25, -0.2) is 0 Å². The number of carbonyl (C=O) groups is 3. The van der Waals surface area contributed by atoms with Crippen LogP contribution in [0, 0.1) is 21.7 Å². The fraction of sp³-hybridized carbons (Fsp3) is 0.483. The van der Waals surface area contributed by atoms with Crippen LogP contribution in [0.25, 0.3) is 0 Å². The normalized spacial score (nSPS) is 41.9. The molecule has 3 heteroatoms. The highest BCUT2D eigenvalue weighted by molar-refractivity contribution is 6.28. The van der Waals surface area contributed by atoms with Crippen molar-refractivity contribution in [2.24, 2.45) is 21.7 Å². The summed E-state index contributed by atoms with van der Waals surface area (Å²) in [5, 5.41) is 0. The number of hydrogen-bond acceptors (Lipinski definition) is 3. The number of ketones is 2. The third kappa shape index (κ3) is 1.98. The van der Waals surface area contributed by atoms with Gasteiger partial charge in [-0.2, -0.15) is 0 Å². The van der Waals surface area contributed by atoms with E-state index in [1.807, 2.05) is 12.2 Å². The van der Waals surface area contributed by atoms with Crippen molar-refractivity contribution in [2.75, 3.05) is 0 Å². The van der Waals surface area contributed by atoms with Gasteiger partial charge in [0, 0.05) is 22.0 Å². The summed E-state index contributed by atoms with van der Waals surface area (Å²) in [5.41, 5.74) is 5.31. The van der Waals surface area contributed by atoms with E-state index >= 15 is 0 Å². The Balaban J connectivity index is 1.72. The Labute approximate surface area is 189 Å². The zero-order chi connectivity index (χ0) is 22.7. The van der Waals surface area contributed by atoms with Gasteiger partial charge < -0.3 is 0 Å². The topological polar surface area (TPSA) is 51.2 Å². The van der Waals surface area contributed by atoms with Crippen molar-refractivity contribution in [3.05, 3.63) is 69.4 Å². The monoisotopic (exact) mass is 426 g/mol. The van der Waals surface area contributed by atoms with E-state index in [4.69, 9.17) is 0 Å². The Morgan fingerprint density at radius 2 is 1.34 bits per heavy atom. The van der Waals surface area contributed by atoms with Crippen molar-refractivity contribution < 1.29 is 14.4 Å². The van der Waals surface area contributed by atoms with Crippen molar-refractivity contribution in [1.29, 1.82) is 0 Å². The van der Waals surface area contributed by atoms with Crippen molar-refractivity contribution in [2.45, 2.75) is 66.2 Å². The van der Waals surface area contributed by atoms with Gasteiger partial charge in [0.25, 0.3) is 0 Å². The molecule has 0 aromatic carbocycles. The molecule has 0 bridgehead atoms. The maximum absolute atomic E-state index is 13.9. The predicted octanol–water partition coefficient (Wildman–Crippen LogP) is 5.70. The molecule has 0 spiro atoms. The molecule has 4 atom stereocenters. The van der Waals surface area contributed by atoms with Crippen molar-refractivity contribution in [3.8, 4) is 0 Å². The molecule has 32 heavy (non-hydrogen) atoms. The van der Waals surface area contributed by atoms with E-state index in [1.54, 1.807) is 6.08 Å². The summed E-state index contributed by atoms with van der Waals surface area (Å²) in [6.07, 6.45) is 16.2. The molecule has 4 unspecified atom stereocenters. The lowest BCUT2D eigenvalue weighted by atomic mass is 9.63. The quantitative estimate of drug-likeness (QED) is 0.420. The average molecular weight is 427 g/mol. The number of hydrogen-bond donors (Lipinski definition) is 0. The van der Waals surface area contributed by atoms with Gasteiger partial charge in [0.2, 0.25) is 0 Å². The lowest BCUT2D eigenvalue weighted by Crippen LogP contribution is -2.33. The summed E-state index contributed by atoms with van der Waals surface area (Å²) in [6.45, 7) is 9.11. The first-order chi connectivity index (χ1) is 15.1. The van der Waals surface area contributed by atoms with Crippen molar-refractivity contribution >= 4 is 17.9 Å². The molecule has 2 fully saturated rings. The SMILES string of the molecule is CC12CC=C3C=CC(=O)C(C4=C5CCC6(C)CC=C(C=C(C=O)C4=O)C56C)=C(CC1)C32C. The van der Waals surface area contributed by atoms with Gasteiger partial charge in [-0.3, -0.25) is 14.4 Å². The minimum Gasteiger partial charge on any atom is -0.298 e. The van der Waals surface area contributed by atoms with Crippen LogP contribution in [0.5, 0.6) is 0 Å². The van der Waals surface area contributed by atoms with Gasteiger partial charge in [0.15, 0.2) is 17.9 Å². The van der Waals surface area contributed by atoms with Gasteiger partial charge in [-0.15, -0.1) is 0 Å². The molecule has 6 aliphatic carbocycles. The maximum Gasteiger partial charge on any atom is 0.197 e. The molecule has 3 nitrogen and oxygen atoms in total. The second-order valence-corrected chi connectivity index (χ2v) is 11.5. The van der Waals surface area contributed by atoms with Crippen LogP contribution in [0.4, 0.5) is 0 Å². The standard InChI is InChI=1S/C29H30O3/c1-26-11-7-18-5-6-22(31)23(20(9-13-26)28(18,26)3)24-21-10-14-27(2)12-8-19(29(21,27)4)15-17(16-30)25(24)32/h5-8,15-16H,9-14H2,1-4H3. The van der Waals surface area contributed by atoms with E-state index in [2.05, 4.69) is 39.8 Å². The smallest absolute Gasteiger partial charge is 0.197 e. The highest BCUT2D eigenvalue weighted by Gasteiger charge is 2.60. The van der Waals surface area contributed by atoms with E-state index < -0.39 is 0 Å². The zero-order valence-corrected chi connectivity index (χ0v) is 19.4. The molecular weight excluding hydrogens is 396 g/mol. The van der Waals surface area contributed by atoms with Crippen LogP contribution >= 0.6 is 0 Å². The molecule has 0 N–H and O–H groups in total. The lowest BCUT2D eigenvalue weighted by Gasteiger charge is -2.39. The summed E-state index contributed by atoms with van der Waals surface area (Å²) in [7, 11) is 0. The lowest BCUT2D eigenvalue weighted by molar-refractivity contribution is -0.116. The minimum atomic E-state index is -0.316. The third-order valence-corrected chi connectivity index (χ3v) is 10.6. The highest BCUT2D eigenvalue weighted by Crippen LogP contribution is 2.70. The van der Waals surface area contributed by atoms with Crippen LogP contribution in [0.3, 0.4) is 0 Å². The average Bonchev–Trinajstić information content (AvgIpc) is 3.29. The Bertz CT molecular complexity index is 1230. The number of Topliss-reactive ketones (excluding diaryl/α,β-unsaturated/α-hetero) is 1. The fourth-order valence-corrected chi connectivity index (χ4v) is 7.99. The van der Waals surface area contributed by atoms with Gasteiger partial charge in [-0.1, -0.05) is 45.9 Å². The molecule has 0 aromatic heterocycles. The van der Waals surface area contributed by atoms with Gasteiger partial charge >= 0.3 is 0 Å². The third-order valence-electron chi connectivity index (χ3n) is 10.6. The van der Waals surface area contributed by atoms with Gasteiger partial charge in [0.05, 0.1) is 5.57 Å². The van der Waals surface area contributed by atoms with E-state index in [1.165, 1.54) is 5.57 Å². The Morgan fingerprint density at radius 3 is 1.97 bits per heavy atom. The van der Waals surface area contributed by atoms with Crippen LogP contribution < -0.4 is 0 Å². The molecule has 164 valence electrons. The van der Waals surface area contributed by atoms with Crippen LogP contribution in [-0.4, -0.2) is 17.9 Å². The molecule has 0 amide bonds. The van der Waals surface area contributed by atoms with E-state index in [-0.39, 0.29) is 38.8 Å². The maximum atomic E-state index is 13.9. The zero-order valence-electron chi connectivity index (χ0n) is 19.4. The Morgan fingerprint density at radius 1 is 0.781 bits per heavy atom. The Kier molecular flexibility index (Phi) is 3.68. The first-order valence-electron chi connectivity index (χ1n) is 11.9. The van der Waals surface area contributed by atoms with Crippen LogP contribution in [0.1, 0.15) is 66.2 Å². The fourth-order valence-electron chi connectivity index (χ4n) is 7.99. The summed E-state index contributed by atoms with van der Waals surface area (Å²) in [4.78, 5) is 39.7. The van der Waals surface area contributed by atoms with Gasteiger partial charge in [0.1, 0.15) is 0 Å². The van der Waals surface area contributed by atoms with E-state index in [0.29, 0.717) is 17.4 Å². The second kappa shape index (κ2) is 5.87. The molecule has 2 saturated carbocycles.